The Morgan fingerprint density at radius 1 is 1.08 bits per heavy atom. The molecule has 2 aromatic rings. The van der Waals surface area contributed by atoms with Crippen LogP contribution in [-0.2, 0) is 16.2 Å². The van der Waals surface area contributed by atoms with Crippen LogP contribution in [0.3, 0.4) is 0 Å². The molecule has 0 saturated heterocycles. The topological polar surface area (TPSA) is 58.2 Å². The average molecular weight is 386 g/mol. The number of nitrogens with one attached hydrogen (secondary N) is 2. The molecule has 0 fully saturated rings. The summed E-state index contributed by atoms with van der Waals surface area (Å²) in [5, 5.41) is 2.85. The van der Waals surface area contributed by atoms with Gasteiger partial charge in [0.25, 0.3) is 0 Å². The zero-order chi connectivity index (χ0) is 20.0. The molecule has 0 heterocycles. The molecular weight excluding hydrogens is 365 g/mol. The van der Waals surface area contributed by atoms with Crippen LogP contribution in [-0.4, -0.2) is 15.5 Å². The summed E-state index contributed by atoms with van der Waals surface area (Å²) in [6, 6.07) is 8.94. The summed E-state index contributed by atoms with van der Waals surface area (Å²) in [5.41, 5.74) is 0.349. The van der Waals surface area contributed by atoms with Crippen molar-refractivity contribution in [3.63, 3.8) is 0 Å². The predicted molar refractivity (Wildman–Crippen MR) is 98.9 cm³/mol. The molecule has 2 aromatic carbocycles. The van der Waals surface area contributed by atoms with Gasteiger partial charge in [-0.15, -0.1) is 0 Å². The van der Waals surface area contributed by atoms with E-state index >= 15 is 0 Å². The largest absolute Gasteiger partial charge is 0.416 e. The molecule has 0 atom stereocenters. The lowest BCUT2D eigenvalue weighted by molar-refractivity contribution is -0.137. The van der Waals surface area contributed by atoms with Crippen molar-refractivity contribution < 1.29 is 21.6 Å². The van der Waals surface area contributed by atoms with Gasteiger partial charge in [-0.25, -0.2) is 13.1 Å². The van der Waals surface area contributed by atoms with Crippen LogP contribution in [0.4, 0.5) is 24.5 Å². The van der Waals surface area contributed by atoms with E-state index in [2.05, 4.69) is 16.6 Å². The van der Waals surface area contributed by atoms with Crippen molar-refractivity contribution in [2.24, 2.45) is 0 Å². The fourth-order valence-corrected chi connectivity index (χ4v) is 2.80. The van der Waals surface area contributed by atoms with E-state index in [4.69, 9.17) is 0 Å². The van der Waals surface area contributed by atoms with Gasteiger partial charge in [-0.1, -0.05) is 32.6 Å². The van der Waals surface area contributed by atoms with Gasteiger partial charge in [0.05, 0.1) is 10.5 Å². The first-order valence-electron chi connectivity index (χ1n) is 7.81. The lowest BCUT2D eigenvalue weighted by Crippen LogP contribution is -2.18. The molecule has 142 valence electrons. The number of halogens is 3. The van der Waals surface area contributed by atoms with Gasteiger partial charge in [0, 0.05) is 11.4 Å². The first-order chi connectivity index (χ1) is 12.2. The van der Waals surface area contributed by atoms with Gasteiger partial charge in [-0.05, 0) is 49.0 Å². The SMILES string of the molecule is C=Cc1cc(S(=O)(=O)NC)ccc1Nc1cccc(C(F)(F)F)c1.CC. The molecular formula is C18H21F3N2O2S. The number of rotatable bonds is 5. The minimum atomic E-state index is -4.44. The van der Waals surface area contributed by atoms with Gasteiger partial charge < -0.3 is 5.32 Å². The lowest BCUT2D eigenvalue weighted by atomic mass is 10.1. The standard InChI is InChI=1S/C16H15F3N2O2S.C2H6/c1-3-11-9-14(24(22,23)20-2)7-8-15(11)21-13-6-4-5-12(10-13)16(17,18)19;1-2/h3-10,20-21H,1H2,2H3;1-2H3. The summed E-state index contributed by atoms with van der Waals surface area (Å²) in [7, 11) is -2.33. The fraction of sp³-hybridized carbons (Fsp3) is 0.222. The van der Waals surface area contributed by atoms with E-state index in [-0.39, 0.29) is 10.6 Å². The molecule has 0 aliphatic heterocycles. The molecule has 0 spiro atoms. The molecule has 0 radical (unpaired) electrons. The van der Waals surface area contributed by atoms with Crippen LogP contribution in [0.2, 0.25) is 0 Å². The van der Waals surface area contributed by atoms with E-state index < -0.39 is 21.8 Å². The first kappa shape index (κ1) is 21.7. The molecule has 0 bridgehead atoms. The number of anilines is 2. The van der Waals surface area contributed by atoms with Crippen LogP contribution in [0.1, 0.15) is 25.0 Å². The number of hydrogen-bond donors (Lipinski definition) is 2. The monoisotopic (exact) mass is 386 g/mol. The van der Waals surface area contributed by atoms with Gasteiger partial charge in [0.2, 0.25) is 10.0 Å². The lowest BCUT2D eigenvalue weighted by Gasteiger charge is -2.13. The number of hydrogen-bond acceptors (Lipinski definition) is 3. The summed E-state index contributed by atoms with van der Waals surface area (Å²) in [4.78, 5) is 0.0366. The van der Waals surface area contributed by atoms with E-state index in [9.17, 15) is 21.6 Å². The van der Waals surface area contributed by atoms with E-state index in [1.54, 1.807) is 0 Å². The third kappa shape index (κ3) is 5.34. The molecule has 8 heteroatoms. The molecule has 0 aromatic heterocycles. The zero-order valence-electron chi connectivity index (χ0n) is 14.7. The second-order valence-electron chi connectivity index (χ2n) is 4.86. The van der Waals surface area contributed by atoms with Crippen LogP contribution in [0.15, 0.2) is 53.9 Å². The Bertz CT molecular complexity index is 863. The second kappa shape index (κ2) is 8.86. The Balaban J connectivity index is 0.00000163. The van der Waals surface area contributed by atoms with Crippen molar-refractivity contribution in [3.8, 4) is 0 Å². The van der Waals surface area contributed by atoms with Gasteiger partial charge >= 0.3 is 6.18 Å². The Morgan fingerprint density at radius 3 is 2.27 bits per heavy atom. The molecule has 0 aliphatic rings. The third-order valence-corrected chi connectivity index (χ3v) is 4.70. The minimum absolute atomic E-state index is 0.0366. The first-order valence-corrected chi connectivity index (χ1v) is 9.30. The van der Waals surface area contributed by atoms with Crippen LogP contribution >= 0.6 is 0 Å². The van der Waals surface area contributed by atoms with Crippen molar-refractivity contribution in [1.82, 2.24) is 4.72 Å². The number of alkyl halides is 3. The highest BCUT2D eigenvalue weighted by Gasteiger charge is 2.30. The summed E-state index contributed by atoms with van der Waals surface area (Å²) in [5.74, 6) is 0. The summed E-state index contributed by atoms with van der Waals surface area (Å²) >= 11 is 0. The van der Waals surface area contributed by atoms with Crippen molar-refractivity contribution in [3.05, 3.63) is 60.2 Å². The summed E-state index contributed by atoms with van der Waals surface area (Å²) in [6.45, 7) is 7.60. The molecule has 0 amide bonds. The molecule has 0 aliphatic carbocycles. The quantitative estimate of drug-likeness (QED) is 0.758. The minimum Gasteiger partial charge on any atom is -0.355 e. The Labute approximate surface area is 151 Å². The molecule has 4 nitrogen and oxygen atoms in total. The van der Waals surface area contributed by atoms with Crippen LogP contribution in [0.25, 0.3) is 6.08 Å². The fourth-order valence-electron chi connectivity index (χ4n) is 2.04. The molecule has 0 unspecified atom stereocenters. The van der Waals surface area contributed by atoms with Crippen LogP contribution < -0.4 is 10.0 Å². The van der Waals surface area contributed by atoms with E-state index in [0.29, 0.717) is 11.3 Å². The van der Waals surface area contributed by atoms with Gasteiger partial charge in [-0.2, -0.15) is 13.2 Å². The van der Waals surface area contributed by atoms with Crippen molar-refractivity contribution in [1.29, 1.82) is 0 Å². The Morgan fingerprint density at radius 2 is 1.73 bits per heavy atom. The van der Waals surface area contributed by atoms with Crippen molar-refractivity contribution in [2.75, 3.05) is 12.4 Å². The molecule has 0 saturated carbocycles. The van der Waals surface area contributed by atoms with Gasteiger partial charge in [-0.3, -0.25) is 0 Å². The average Bonchev–Trinajstić information content (AvgIpc) is 2.63. The number of benzene rings is 2. The molecule has 2 rings (SSSR count). The highest BCUT2D eigenvalue weighted by atomic mass is 32.2. The molecule has 26 heavy (non-hydrogen) atoms. The van der Waals surface area contributed by atoms with E-state index in [0.717, 1.165) is 12.1 Å². The van der Waals surface area contributed by atoms with Gasteiger partial charge in [0.1, 0.15) is 0 Å². The maximum Gasteiger partial charge on any atom is 0.416 e. The van der Waals surface area contributed by atoms with Crippen molar-refractivity contribution in [2.45, 2.75) is 24.9 Å². The zero-order valence-corrected chi connectivity index (χ0v) is 15.5. The van der Waals surface area contributed by atoms with E-state index in [1.165, 1.54) is 43.5 Å². The maximum absolute atomic E-state index is 12.8. The highest BCUT2D eigenvalue weighted by molar-refractivity contribution is 7.89. The highest BCUT2D eigenvalue weighted by Crippen LogP contribution is 2.32. The summed E-state index contributed by atoms with van der Waals surface area (Å²) in [6.07, 6.45) is -3.02. The smallest absolute Gasteiger partial charge is 0.355 e. The summed E-state index contributed by atoms with van der Waals surface area (Å²) < 4.78 is 64.1. The molecule has 2 N–H and O–H groups in total. The Kier molecular flexibility index (Phi) is 7.41. The number of sulfonamides is 1. The Hall–Kier alpha value is -2.32. The van der Waals surface area contributed by atoms with Crippen molar-refractivity contribution >= 4 is 27.5 Å². The van der Waals surface area contributed by atoms with E-state index in [1.807, 2.05) is 13.8 Å². The van der Waals surface area contributed by atoms with Crippen LogP contribution in [0, 0.1) is 0 Å². The predicted octanol–water partition coefficient (Wildman–Crippen LogP) is 5.03. The second-order valence-corrected chi connectivity index (χ2v) is 6.75. The maximum atomic E-state index is 12.8. The normalized spacial score (nSPS) is 11.3. The third-order valence-electron chi connectivity index (χ3n) is 3.29. The van der Waals surface area contributed by atoms with Crippen LogP contribution in [0.5, 0.6) is 0 Å². The van der Waals surface area contributed by atoms with Gasteiger partial charge in [0.15, 0.2) is 0 Å².